The molecule has 1 aliphatic rings. The summed E-state index contributed by atoms with van der Waals surface area (Å²) in [6.45, 7) is 2.05. The van der Waals surface area contributed by atoms with E-state index in [1.807, 2.05) is 19.1 Å². The molecule has 1 aromatic carbocycles. The Bertz CT molecular complexity index is 603. The Balaban J connectivity index is 2.00. The zero-order chi connectivity index (χ0) is 12.7. The second kappa shape index (κ2) is 4.14. The van der Waals surface area contributed by atoms with Gasteiger partial charge in [-0.2, -0.15) is 0 Å². The van der Waals surface area contributed by atoms with Gasteiger partial charge in [0.15, 0.2) is 0 Å². The van der Waals surface area contributed by atoms with Crippen molar-refractivity contribution >= 4 is 16.9 Å². The summed E-state index contributed by atoms with van der Waals surface area (Å²) < 4.78 is 0. The van der Waals surface area contributed by atoms with Gasteiger partial charge in [-0.15, -0.1) is 0 Å². The van der Waals surface area contributed by atoms with Gasteiger partial charge in [-0.3, -0.25) is 10.1 Å². The molecule has 0 saturated carbocycles. The molecule has 1 fully saturated rings. The molecule has 4 nitrogen and oxygen atoms in total. The monoisotopic (exact) mass is 244 g/mol. The number of H-pyrrole nitrogens is 1. The smallest absolute Gasteiger partial charge is 0.320 e. The molecule has 1 aromatic heterocycles. The summed E-state index contributed by atoms with van der Waals surface area (Å²) in [5.74, 6) is -0.755. The van der Waals surface area contributed by atoms with Crippen LogP contribution in [0.5, 0.6) is 0 Å². The molecule has 4 heteroatoms. The van der Waals surface area contributed by atoms with Crippen molar-refractivity contribution in [3.63, 3.8) is 0 Å². The van der Waals surface area contributed by atoms with Gasteiger partial charge >= 0.3 is 5.97 Å². The number of nitrogens with one attached hydrogen (secondary N) is 2. The maximum atomic E-state index is 11.0. The number of para-hydroxylation sites is 1. The third kappa shape index (κ3) is 1.69. The fraction of sp³-hybridized carbons (Fsp3) is 0.357. The minimum Gasteiger partial charge on any atom is -0.480 e. The minimum absolute atomic E-state index is 0.141. The summed E-state index contributed by atoms with van der Waals surface area (Å²) in [5, 5.41) is 13.4. The molecule has 2 aromatic rings. The van der Waals surface area contributed by atoms with Gasteiger partial charge in [0.2, 0.25) is 0 Å². The van der Waals surface area contributed by atoms with E-state index in [0.717, 1.165) is 17.6 Å². The molecule has 18 heavy (non-hydrogen) atoms. The Kier molecular flexibility index (Phi) is 2.59. The number of fused-ring (bicyclic) bond motifs is 1. The van der Waals surface area contributed by atoms with Crippen LogP contribution in [0.25, 0.3) is 10.9 Å². The Morgan fingerprint density at radius 3 is 2.83 bits per heavy atom. The number of hydrogen-bond acceptors (Lipinski definition) is 2. The maximum absolute atomic E-state index is 11.0. The highest BCUT2D eigenvalue weighted by Crippen LogP contribution is 2.34. The van der Waals surface area contributed by atoms with E-state index in [4.69, 9.17) is 5.11 Å². The van der Waals surface area contributed by atoms with Gasteiger partial charge < -0.3 is 10.1 Å². The molecule has 0 radical (unpaired) electrons. The average Bonchev–Trinajstić information content (AvgIpc) is 2.91. The molecule has 0 aliphatic carbocycles. The predicted molar refractivity (Wildman–Crippen MR) is 69.6 cm³/mol. The van der Waals surface area contributed by atoms with Crippen LogP contribution < -0.4 is 5.32 Å². The maximum Gasteiger partial charge on any atom is 0.320 e. The van der Waals surface area contributed by atoms with Gasteiger partial charge in [0.1, 0.15) is 6.04 Å². The molecule has 2 unspecified atom stereocenters. The van der Waals surface area contributed by atoms with Crippen molar-refractivity contribution in [1.29, 1.82) is 0 Å². The van der Waals surface area contributed by atoms with Crippen LogP contribution in [0.15, 0.2) is 24.3 Å². The lowest BCUT2D eigenvalue weighted by molar-refractivity contribution is -0.139. The third-order valence-corrected chi connectivity index (χ3v) is 3.74. The highest BCUT2D eigenvalue weighted by atomic mass is 16.4. The van der Waals surface area contributed by atoms with Gasteiger partial charge in [0.05, 0.1) is 0 Å². The first-order valence-corrected chi connectivity index (χ1v) is 6.23. The zero-order valence-electron chi connectivity index (χ0n) is 10.2. The lowest BCUT2D eigenvalue weighted by Gasteiger charge is -2.12. The van der Waals surface area contributed by atoms with Gasteiger partial charge in [0.25, 0.3) is 0 Å². The summed E-state index contributed by atoms with van der Waals surface area (Å²) in [6.07, 6.45) is 1.57. The average molecular weight is 244 g/mol. The van der Waals surface area contributed by atoms with Crippen molar-refractivity contribution in [3.8, 4) is 0 Å². The van der Waals surface area contributed by atoms with E-state index < -0.39 is 12.0 Å². The number of aromatic amines is 1. The summed E-state index contributed by atoms with van der Waals surface area (Å²) in [6, 6.07) is 7.89. The van der Waals surface area contributed by atoms with E-state index in [1.165, 1.54) is 10.9 Å². The first kappa shape index (κ1) is 11.3. The van der Waals surface area contributed by atoms with Crippen molar-refractivity contribution in [3.05, 3.63) is 35.5 Å². The normalized spacial score (nSPS) is 23.6. The van der Waals surface area contributed by atoms with Crippen molar-refractivity contribution in [2.24, 2.45) is 0 Å². The van der Waals surface area contributed by atoms with E-state index >= 15 is 0 Å². The van der Waals surface area contributed by atoms with Gasteiger partial charge in [-0.25, -0.2) is 0 Å². The number of benzene rings is 1. The molecular weight excluding hydrogens is 228 g/mol. The van der Waals surface area contributed by atoms with Crippen LogP contribution in [-0.2, 0) is 4.79 Å². The number of aryl methyl sites for hydroxylation is 1. The number of hydrogen-bond donors (Lipinski definition) is 3. The van der Waals surface area contributed by atoms with Crippen LogP contribution in [0.1, 0.15) is 30.1 Å². The first-order chi connectivity index (χ1) is 8.66. The molecule has 1 saturated heterocycles. The molecule has 1 aliphatic heterocycles. The molecule has 3 N–H and O–H groups in total. The van der Waals surface area contributed by atoms with Crippen LogP contribution in [-0.4, -0.2) is 22.1 Å². The molecule has 0 bridgehead atoms. The standard InChI is InChI=1S/C14H16N2O2/c1-8-13(9-4-2-3-5-10(9)15-8)11-6-7-12(16-11)14(17)18/h2-5,11-12,15-16H,6-7H2,1H3,(H,17,18). The van der Waals surface area contributed by atoms with Crippen molar-refractivity contribution in [1.82, 2.24) is 10.3 Å². The number of carboxylic acid groups (broad SMARTS) is 1. The van der Waals surface area contributed by atoms with Crippen LogP contribution >= 0.6 is 0 Å². The highest BCUT2D eigenvalue weighted by Gasteiger charge is 2.31. The summed E-state index contributed by atoms with van der Waals surface area (Å²) >= 11 is 0. The molecular formula is C14H16N2O2. The lowest BCUT2D eigenvalue weighted by Crippen LogP contribution is -2.31. The molecule has 0 spiro atoms. The minimum atomic E-state index is -0.755. The number of aliphatic carboxylic acids is 1. The number of aromatic nitrogens is 1. The zero-order valence-corrected chi connectivity index (χ0v) is 10.2. The fourth-order valence-corrected chi connectivity index (χ4v) is 2.91. The van der Waals surface area contributed by atoms with Gasteiger partial charge in [-0.1, -0.05) is 18.2 Å². The van der Waals surface area contributed by atoms with E-state index in [2.05, 4.69) is 22.4 Å². The van der Waals surface area contributed by atoms with Crippen molar-refractivity contribution < 1.29 is 9.90 Å². The summed E-state index contributed by atoms with van der Waals surface area (Å²) in [5.41, 5.74) is 3.46. The predicted octanol–water partition coefficient (Wildman–Crippen LogP) is 2.35. The molecule has 2 atom stereocenters. The first-order valence-electron chi connectivity index (χ1n) is 6.23. The van der Waals surface area contributed by atoms with Crippen molar-refractivity contribution in [2.75, 3.05) is 0 Å². The van der Waals surface area contributed by atoms with Gasteiger partial charge in [-0.05, 0) is 31.4 Å². The number of rotatable bonds is 2. The molecule has 0 amide bonds. The Morgan fingerprint density at radius 1 is 1.33 bits per heavy atom. The van der Waals surface area contributed by atoms with Crippen LogP contribution in [0.3, 0.4) is 0 Å². The van der Waals surface area contributed by atoms with E-state index in [1.54, 1.807) is 0 Å². The third-order valence-electron chi connectivity index (χ3n) is 3.74. The largest absolute Gasteiger partial charge is 0.480 e. The second-order valence-electron chi connectivity index (χ2n) is 4.90. The highest BCUT2D eigenvalue weighted by molar-refractivity contribution is 5.85. The van der Waals surface area contributed by atoms with E-state index in [9.17, 15) is 4.79 Å². The Labute approximate surface area is 105 Å². The Hall–Kier alpha value is -1.81. The van der Waals surface area contributed by atoms with Crippen LogP contribution in [0.2, 0.25) is 0 Å². The molecule has 94 valence electrons. The van der Waals surface area contributed by atoms with Crippen molar-refractivity contribution in [2.45, 2.75) is 31.8 Å². The van der Waals surface area contributed by atoms with E-state index in [0.29, 0.717) is 6.42 Å². The van der Waals surface area contributed by atoms with Crippen LogP contribution in [0.4, 0.5) is 0 Å². The lowest BCUT2D eigenvalue weighted by atomic mass is 10.0. The summed E-state index contributed by atoms with van der Waals surface area (Å²) in [4.78, 5) is 14.4. The second-order valence-corrected chi connectivity index (χ2v) is 4.90. The number of carboxylic acids is 1. The Morgan fingerprint density at radius 2 is 2.11 bits per heavy atom. The topological polar surface area (TPSA) is 65.1 Å². The SMILES string of the molecule is Cc1[nH]c2ccccc2c1C1CCC(C(=O)O)N1. The van der Waals surface area contributed by atoms with Gasteiger partial charge in [0, 0.05) is 22.6 Å². The number of carbonyl (C=O) groups is 1. The van der Waals surface area contributed by atoms with Crippen LogP contribution in [0, 0.1) is 6.92 Å². The summed E-state index contributed by atoms with van der Waals surface area (Å²) in [7, 11) is 0. The quantitative estimate of drug-likeness (QED) is 0.759. The molecule has 3 rings (SSSR count). The fourth-order valence-electron chi connectivity index (χ4n) is 2.91. The molecule has 2 heterocycles. The van der Waals surface area contributed by atoms with E-state index in [-0.39, 0.29) is 6.04 Å².